The molecule has 3 aromatic rings. The molecule has 160 valence electrons. The van der Waals surface area contributed by atoms with Gasteiger partial charge in [-0.25, -0.2) is 4.79 Å². The second-order valence-corrected chi connectivity index (χ2v) is 7.31. The minimum atomic E-state index is -0.618. The second kappa shape index (κ2) is 10.6. The van der Waals surface area contributed by atoms with E-state index in [9.17, 15) is 14.4 Å². The van der Waals surface area contributed by atoms with Crippen LogP contribution in [0.5, 0.6) is 0 Å². The second-order valence-electron chi connectivity index (χ2n) is 5.95. The highest BCUT2D eigenvalue weighted by atomic mass is 35.5. The van der Waals surface area contributed by atoms with E-state index in [1.807, 2.05) is 0 Å². The lowest BCUT2D eigenvalue weighted by Crippen LogP contribution is -2.21. The Morgan fingerprint density at radius 2 is 1.77 bits per heavy atom. The van der Waals surface area contributed by atoms with E-state index in [0.29, 0.717) is 27.7 Å². The Bertz CT molecular complexity index is 1070. The van der Waals surface area contributed by atoms with Crippen molar-refractivity contribution in [3.63, 3.8) is 0 Å². The number of amides is 1. The molecule has 9 nitrogen and oxygen atoms in total. The molecule has 0 aliphatic heterocycles. The minimum Gasteiger partial charge on any atom is -0.465 e. The number of aromatic nitrogens is 2. The van der Waals surface area contributed by atoms with Gasteiger partial charge in [-0.3, -0.25) is 9.59 Å². The molecule has 0 spiro atoms. The predicted octanol–water partition coefficient (Wildman–Crippen LogP) is 3.45. The number of thioether (sulfide) groups is 1. The molecule has 1 N–H and O–H groups in total. The number of anilines is 1. The van der Waals surface area contributed by atoms with E-state index in [-0.39, 0.29) is 11.0 Å². The van der Waals surface area contributed by atoms with Gasteiger partial charge in [0.05, 0.1) is 12.7 Å². The molecule has 31 heavy (non-hydrogen) atoms. The van der Waals surface area contributed by atoms with Crippen molar-refractivity contribution in [2.24, 2.45) is 0 Å². The number of nitrogens with zero attached hydrogens (tertiary/aromatic N) is 2. The van der Waals surface area contributed by atoms with Gasteiger partial charge in [-0.1, -0.05) is 23.4 Å². The van der Waals surface area contributed by atoms with Gasteiger partial charge in [-0.15, -0.1) is 10.2 Å². The zero-order valence-electron chi connectivity index (χ0n) is 16.2. The standard InChI is InChI=1S/C20H16ClN3O6S/c1-28-19(27)13-4-8-15(9-5-13)22-16(25)10-29-17(26)11-31-20-24-23-18(30-20)12-2-6-14(21)7-3-12/h2-9H,10-11H2,1H3,(H,22,25). The number of hydrogen-bond acceptors (Lipinski definition) is 9. The molecule has 11 heteroatoms. The Balaban J connectivity index is 1.41. The molecule has 0 bridgehead atoms. The van der Waals surface area contributed by atoms with Crippen molar-refractivity contribution in [1.29, 1.82) is 0 Å². The lowest BCUT2D eigenvalue weighted by molar-refractivity contribution is -0.144. The number of rotatable bonds is 8. The maximum atomic E-state index is 11.9. The summed E-state index contributed by atoms with van der Waals surface area (Å²) in [5, 5.41) is 11.1. The topological polar surface area (TPSA) is 121 Å². The van der Waals surface area contributed by atoms with Crippen LogP contribution in [0.3, 0.4) is 0 Å². The van der Waals surface area contributed by atoms with Gasteiger partial charge in [0.25, 0.3) is 11.1 Å². The first-order valence-electron chi connectivity index (χ1n) is 8.80. The first kappa shape index (κ1) is 22.3. The van der Waals surface area contributed by atoms with E-state index >= 15 is 0 Å². The van der Waals surface area contributed by atoms with Crippen LogP contribution in [-0.2, 0) is 19.1 Å². The summed E-state index contributed by atoms with van der Waals surface area (Å²) in [6.45, 7) is -0.460. The van der Waals surface area contributed by atoms with Crippen molar-refractivity contribution in [2.75, 3.05) is 24.8 Å². The number of carbonyl (C=O) groups is 3. The maximum Gasteiger partial charge on any atom is 0.337 e. The Morgan fingerprint density at radius 1 is 1.06 bits per heavy atom. The molecule has 1 amide bonds. The summed E-state index contributed by atoms with van der Waals surface area (Å²) in [5.41, 5.74) is 1.50. The monoisotopic (exact) mass is 461 g/mol. The van der Waals surface area contributed by atoms with Crippen LogP contribution < -0.4 is 5.32 Å². The quantitative estimate of drug-likeness (QED) is 0.397. The first-order valence-corrected chi connectivity index (χ1v) is 10.2. The summed E-state index contributed by atoms with van der Waals surface area (Å²) in [5.74, 6) is -1.43. The third-order valence-electron chi connectivity index (χ3n) is 3.77. The summed E-state index contributed by atoms with van der Waals surface area (Å²) in [4.78, 5) is 35.2. The van der Waals surface area contributed by atoms with E-state index in [4.69, 9.17) is 20.8 Å². The number of ether oxygens (including phenoxy) is 2. The van der Waals surface area contributed by atoms with Crippen LogP contribution in [0.25, 0.3) is 11.5 Å². The molecule has 0 unspecified atom stereocenters. The zero-order chi connectivity index (χ0) is 22.2. The van der Waals surface area contributed by atoms with Gasteiger partial charge in [0, 0.05) is 16.3 Å². The van der Waals surface area contributed by atoms with E-state index in [0.717, 1.165) is 11.8 Å². The fourth-order valence-corrected chi connectivity index (χ4v) is 2.98. The largest absolute Gasteiger partial charge is 0.465 e. The molecule has 0 aliphatic rings. The summed E-state index contributed by atoms with van der Waals surface area (Å²) in [7, 11) is 1.28. The molecule has 3 rings (SSSR count). The normalized spacial score (nSPS) is 10.4. The number of methoxy groups -OCH3 is 1. The van der Waals surface area contributed by atoms with Crippen molar-refractivity contribution in [3.05, 3.63) is 59.1 Å². The highest BCUT2D eigenvalue weighted by molar-refractivity contribution is 7.99. The van der Waals surface area contributed by atoms with Crippen molar-refractivity contribution < 1.29 is 28.3 Å². The lowest BCUT2D eigenvalue weighted by atomic mass is 10.2. The van der Waals surface area contributed by atoms with E-state index in [2.05, 4.69) is 20.3 Å². The van der Waals surface area contributed by atoms with Gasteiger partial charge in [0.2, 0.25) is 5.89 Å². The zero-order valence-corrected chi connectivity index (χ0v) is 17.7. The van der Waals surface area contributed by atoms with Crippen LogP contribution in [0.2, 0.25) is 5.02 Å². The molecule has 0 atom stereocenters. The van der Waals surface area contributed by atoms with E-state index in [1.54, 1.807) is 24.3 Å². The summed E-state index contributed by atoms with van der Waals surface area (Å²) in [6, 6.07) is 13.0. The van der Waals surface area contributed by atoms with Crippen molar-refractivity contribution in [1.82, 2.24) is 10.2 Å². The van der Waals surface area contributed by atoms with Gasteiger partial charge >= 0.3 is 11.9 Å². The third-order valence-corrected chi connectivity index (χ3v) is 4.81. The number of carbonyl (C=O) groups excluding carboxylic acids is 3. The van der Waals surface area contributed by atoms with Crippen LogP contribution in [0, 0.1) is 0 Å². The van der Waals surface area contributed by atoms with Crippen LogP contribution in [0.15, 0.2) is 58.2 Å². The molecule has 0 saturated carbocycles. The van der Waals surface area contributed by atoms with Crippen molar-refractivity contribution in [2.45, 2.75) is 5.22 Å². The SMILES string of the molecule is COC(=O)c1ccc(NC(=O)COC(=O)CSc2nnc(-c3ccc(Cl)cc3)o2)cc1. The van der Waals surface area contributed by atoms with Crippen LogP contribution >= 0.6 is 23.4 Å². The molecule has 0 saturated heterocycles. The highest BCUT2D eigenvalue weighted by Crippen LogP contribution is 2.24. The highest BCUT2D eigenvalue weighted by Gasteiger charge is 2.13. The van der Waals surface area contributed by atoms with Gasteiger partial charge in [-0.2, -0.15) is 0 Å². The van der Waals surface area contributed by atoms with Crippen molar-refractivity contribution in [3.8, 4) is 11.5 Å². The van der Waals surface area contributed by atoms with E-state index in [1.165, 1.54) is 31.4 Å². The number of esters is 2. The van der Waals surface area contributed by atoms with Crippen LogP contribution in [-0.4, -0.2) is 47.5 Å². The molecule has 1 aromatic heterocycles. The molecular formula is C20H16ClN3O6S. The summed E-state index contributed by atoms with van der Waals surface area (Å²) >= 11 is 6.83. The number of benzene rings is 2. The van der Waals surface area contributed by atoms with Gasteiger partial charge < -0.3 is 19.2 Å². The lowest BCUT2D eigenvalue weighted by Gasteiger charge is -2.07. The van der Waals surface area contributed by atoms with E-state index < -0.39 is 24.5 Å². The molecule has 2 aromatic carbocycles. The van der Waals surface area contributed by atoms with Gasteiger partial charge in [0.15, 0.2) is 6.61 Å². The van der Waals surface area contributed by atoms with Gasteiger partial charge in [0.1, 0.15) is 5.75 Å². The van der Waals surface area contributed by atoms with Crippen molar-refractivity contribution >= 4 is 46.9 Å². The fourth-order valence-electron chi connectivity index (χ4n) is 2.29. The average Bonchev–Trinajstić information content (AvgIpc) is 3.26. The predicted molar refractivity (Wildman–Crippen MR) is 113 cm³/mol. The molecule has 0 radical (unpaired) electrons. The average molecular weight is 462 g/mol. The third kappa shape index (κ3) is 6.56. The fraction of sp³-hybridized carbons (Fsp3) is 0.150. The Labute approximate surface area is 186 Å². The van der Waals surface area contributed by atoms with Gasteiger partial charge in [-0.05, 0) is 48.5 Å². The summed E-state index contributed by atoms with van der Waals surface area (Å²) in [6.07, 6.45) is 0. The molecule has 0 aliphatic carbocycles. The molecular weight excluding hydrogens is 446 g/mol. The maximum absolute atomic E-state index is 11.9. The van der Waals surface area contributed by atoms with Crippen LogP contribution in [0.1, 0.15) is 10.4 Å². The smallest absolute Gasteiger partial charge is 0.337 e. The molecule has 0 fully saturated rings. The number of hydrogen-bond donors (Lipinski definition) is 1. The van der Waals surface area contributed by atoms with Crippen LogP contribution in [0.4, 0.5) is 5.69 Å². The minimum absolute atomic E-state index is 0.108. The number of halogens is 1. The molecule has 1 heterocycles. The Kier molecular flexibility index (Phi) is 7.63. The Morgan fingerprint density at radius 3 is 2.45 bits per heavy atom. The summed E-state index contributed by atoms with van der Waals surface area (Å²) < 4.78 is 15.0. The number of nitrogens with one attached hydrogen (secondary N) is 1. The first-order chi connectivity index (χ1) is 14.9. The Hall–Kier alpha value is -3.37.